The summed E-state index contributed by atoms with van der Waals surface area (Å²) in [7, 11) is 0. The van der Waals surface area contributed by atoms with Crippen LogP contribution in [0.4, 0.5) is 5.69 Å². The van der Waals surface area contributed by atoms with Crippen LogP contribution in [-0.4, -0.2) is 41.5 Å². The molecule has 6 nitrogen and oxygen atoms in total. The molecule has 2 heterocycles. The smallest absolute Gasteiger partial charge is 0.254 e. The molecule has 21 heavy (non-hydrogen) atoms. The van der Waals surface area contributed by atoms with Crippen LogP contribution in [-0.2, 0) is 16.1 Å². The molecular formula is C15H18N4O2. The van der Waals surface area contributed by atoms with Gasteiger partial charge in [-0.3, -0.25) is 9.48 Å². The number of amides is 1. The molecule has 0 radical (unpaired) electrons. The number of carbonyl (C=O) groups excluding carboxylic acids is 1. The van der Waals surface area contributed by atoms with Gasteiger partial charge in [0.2, 0.25) is 0 Å². The van der Waals surface area contributed by atoms with Gasteiger partial charge in [-0.2, -0.15) is 5.10 Å². The number of benzene rings is 1. The lowest BCUT2D eigenvalue weighted by molar-refractivity contribution is -0.128. The standard InChI is InChI=1S/C15H18N4O2/c20-15(14-10-16-7-9-21-14)18-13-4-2-12(3-5-13)11-19-8-1-6-17-19/h1-6,8,14,16H,7,9-11H2,(H,18,20). The van der Waals surface area contributed by atoms with Gasteiger partial charge in [0.05, 0.1) is 13.2 Å². The molecule has 0 spiro atoms. The molecule has 2 N–H and O–H groups in total. The van der Waals surface area contributed by atoms with Crippen LogP contribution in [0.2, 0.25) is 0 Å². The third kappa shape index (κ3) is 3.68. The van der Waals surface area contributed by atoms with E-state index in [1.165, 1.54) is 0 Å². The van der Waals surface area contributed by atoms with Gasteiger partial charge in [-0.1, -0.05) is 12.1 Å². The van der Waals surface area contributed by atoms with Gasteiger partial charge in [-0.05, 0) is 23.8 Å². The second kappa shape index (κ2) is 6.51. The molecule has 3 rings (SSSR count). The Labute approximate surface area is 123 Å². The van der Waals surface area contributed by atoms with Gasteiger partial charge in [0.15, 0.2) is 0 Å². The number of nitrogens with zero attached hydrogens (tertiary/aromatic N) is 2. The summed E-state index contributed by atoms with van der Waals surface area (Å²) in [5.74, 6) is -0.109. The van der Waals surface area contributed by atoms with Gasteiger partial charge in [-0.25, -0.2) is 0 Å². The third-order valence-corrected chi connectivity index (χ3v) is 3.35. The van der Waals surface area contributed by atoms with Crippen molar-refractivity contribution in [1.82, 2.24) is 15.1 Å². The molecule has 110 valence electrons. The molecule has 1 saturated heterocycles. The van der Waals surface area contributed by atoms with Crippen molar-refractivity contribution in [3.05, 3.63) is 48.3 Å². The van der Waals surface area contributed by atoms with E-state index in [9.17, 15) is 4.79 Å². The molecule has 0 aliphatic carbocycles. The summed E-state index contributed by atoms with van der Waals surface area (Å²) < 4.78 is 7.28. The SMILES string of the molecule is O=C(Nc1ccc(Cn2cccn2)cc1)C1CNCCO1. The third-order valence-electron chi connectivity index (χ3n) is 3.35. The molecule has 1 aromatic carbocycles. The summed E-state index contributed by atoms with van der Waals surface area (Å²) in [4.78, 5) is 12.0. The van der Waals surface area contributed by atoms with Crippen LogP contribution in [0.15, 0.2) is 42.7 Å². The largest absolute Gasteiger partial charge is 0.366 e. The van der Waals surface area contributed by atoms with Crippen molar-refractivity contribution >= 4 is 11.6 Å². The molecule has 1 aliphatic heterocycles. The lowest BCUT2D eigenvalue weighted by Crippen LogP contribution is -2.45. The maximum absolute atomic E-state index is 12.0. The van der Waals surface area contributed by atoms with Crippen molar-refractivity contribution in [3.8, 4) is 0 Å². The monoisotopic (exact) mass is 286 g/mol. The second-order valence-electron chi connectivity index (χ2n) is 4.95. The van der Waals surface area contributed by atoms with Gasteiger partial charge in [-0.15, -0.1) is 0 Å². The lowest BCUT2D eigenvalue weighted by Gasteiger charge is -2.22. The van der Waals surface area contributed by atoms with E-state index < -0.39 is 6.10 Å². The summed E-state index contributed by atoms with van der Waals surface area (Å²) in [6, 6.07) is 9.65. The molecule has 1 unspecified atom stereocenters. The number of rotatable bonds is 4. The molecule has 1 amide bonds. The highest BCUT2D eigenvalue weighted by atomic mass is 16.5. The minimum Gasteiger partial charge on any atom is -0.366 e. The van der Waals surface area contributed by atoms with Gasteiger partial charge in [0.25, 0.3) is 5.91 Å². The number of hydrogen-bond donors (Lipinski definition) is 2. The highest BCUT2D eigenvalue weighted by molar-refractivity contribution is 5.94. The van der Waals surface area contributed by atoms with Crippen LogP contribution in [0.1, 0.15) is 5.56 Å². The van der Waals surface area contributed by atoms with Crippen molar-refractivity contribution in [2.45, 2.75) is 12.6 Å². The summed E-state index contributed by atoms with van der Waals surface area (Å²) in [5.41, 5.74) is 1.91. The number of hydrogen-bond acceptors (Lipinski definition) is 4. The molecule has 1 fully saturated rings. The van der Waals surface area contributed by atoms with E-state index in [0.717, 1.165) is 24.3 Å². The zero-order valence-corrected chi connectivity index (χ0v) is 11.7. The van der Waals surface area contributed by atoms with Gasteiger partial charge in [0.1, 0.15) is 6.10 Å². The fraction of sp³-hybridized carbons (Fsp3) is 0.333. The predicted octanol–water partition coefficient (Wildman–Crippen LogP) is 0.858. The average Bonchev–Trinajstić information content (AvgIpc) is 3.03. The van der Waals surface area contributed by atoms with Gasteiger partial charge >= 0.3 is 0 Å². The summed E-state index contributed by atoms with van der Waals surface area (Å²) >= 11 is 0. The zero-order valence-electron chi connectivity index (χ0n) is 11.7. The van der Waals surface area contributed by atoms with Crippen LogP contribution in [0.5, 0.6) is 0 Å². The number of ether oxygens (including phenoxy) is 1. The van der Waals surface area contributed by atoms with Crippen molar-refractivity contribution in [2.24, 2.45) is 0 Å². The Bertz CT molecular complexity index is 574. The minimum absolute atomic E-state index is 0.109. The Hall–Kier alpha value is -2.18. The zero-order chi connectivity index (χ0) is 14.5. The van der Waals surface area contributed by atoms with E-state index in [0.29, 0.717) is 13.2 Å². The summed E-state index contributed by atoms with van der Waals surface area (Å²) in [5, 5.41) is 10.2. The van der Waals surface area contributed by atoms with E-state index in [-0.39, 0.29) is 5.91 Å². The van der Waals surface area contributed by atoms with E-state index in [1.54, 1.807) is 6.20 Å². The molecule has 6 heteroatoms. The lowest BCUT2D eigenvalue weighted by atomic mass is 10.2. The maximum atomic E-state index is 12.0. The van der Waals surface area contributed by atoms with Gasteiger partial charge < -0.3 is 15.4 Å². The first-order chi connectivity index (χ1) is 10.3. The number of aromatic nitrogens is 2. The van der Waals surface area contributed by atoms with Crippen LogP contribution >= 0.6 is 0 Å². The topological polar surface area (TPSA) is 68.2 Å². The quantitative estimate of drug-likeness (QED) is 0.874. The van der Waals surface area contributed by atoms with Crippen molar-refractivity contribution in [1.29, 1.82) is 0 Å². The van der Waals surface area contributed by atoms with Crippen molar-refractivity contribution < 1.29 is 9.53 Å². The molecular weight excluding hydrogens is 268 g/mol. The van der Waals surface area contributed by atoms with Crippen molar-refractivity contribution in [3.63, 3.8) is 0 Å². The van der Waals surface area contributed by atoms with E-state index >= 15 is 0 Å². The first-order valence-electron chi connectivity index (χ1n) is 7.01. The Kier molecular flexibility index (Phi) is 4.28. The minimum atomic E-state index is -0.414. The summed E-state index contributed by atoms with van der Waals surface area (Å²) in [6.07, 6.45) is 3.26. The second-order valence-corrected chi connectivity index (χ2v) is 4.95. The average molecular weight is 286 g/mol. The van der Waals surface area contributed by atoms with E-state index in [2.05, 4.69) is 15.7 Å². The van der Waals surface area contributed by atoms with Crippen LogP contribution in [0.3, 0.4) is 0 Å². The highest BCUT2D eigenvalue weighted by Crippen LogP contribution is 2.11. The first kappa shape index (κ1) is 13.8. The Balaban J connectivity index is 1.57. The molecule has 1 atom stereocenters. The van der Waals surface area contributed by atoms with Crippen molar-refractivity contribution in [2.75, 3.05) is 25.0 Å². The Morgan fingerprint density at radius 1 is 1.43 bits per heavy atom. The van der Waals surface area contributed by atoms with Gasteiger partial charge in [0, 0.05) is 31.2 Å². The number of anilines is 1. The fourth-order valence-electron chi connectivity index (χ4n) is 2.23. The number of carbonyl (C=O) groups is 1. The maximum Gasteiger partial charge on any atom is 0.254 e. The fourth-order valence-corrected chi connectivity index (χ4v) is 2.23. The molecule has 1 aromatic heterocycles. The molecule has 1 aliphatic rings. The molecule has 0 bridgehead atoms. The molecule has 2 aromatic rings. The number of morpholine rings is 1. The summed E-state index contributed by atoms with van der Waals surface area (Å²) in [6.45, 7) is 2.65. The van der Waals surface area contributed by atoms with Crippen LogP contribution in [0.25, 0.3) is 0 Å². The first-order valence-corrected chi connectivity index (χ1v) is 7.01. The van der Waals surface area contributed by atoms with E-state index in [1.807, 2.05) is 41.2 Å². The number of nitrogens with one attached hydrogen (secondary N) is 2. The van der Waals surface area contributed by atoms with Crippen LogP contribution < -0.4 is 10.6 Å². The van der Waals surface area contributed by atoms with E-state index in [4.69, 9.17) is 4.74 Å². The van der Waals surface area contributed by atoms with Crippen LogP contribution in [0, 0.1) is 0 Å². The molecule has 0 saturated carbocycles. The Morgan fingerprint density at radius 3 is 2.95 bits per heavy atom. The Morgan fingerprint density at radius 2 is 2.29 bits per heavy atom. The normalized spacial score (nSPS) is 18.4. The highest BCUT2D eigenvalue weighted by Gasteiger charge is 2.21. The predicted molar refractivity (Wildman–Crippen MR) is 79.0 cm³/mol.